The lowest BCUT2D eigenvalue weighted by Crippen LogP contribution is -2.40. The Balaban J connectivity index is 1.28. The molecule has 1 aliphatic heterocycles. The molecule has 0 aliphatic carbocycles. The summed E-state index contributed by atoms with van der Waals surface area (Å²) in [6, 6.07) is 14.4. The number of nitrogens with one attached hydrogen (secondary N) is 1. The van der Waals surface area contributed by atoms with E-state index < -0.39 is 0 Å². The number of hydrogen-bond donors (Lipinski definition) is 1. The van der Waals surface area contributed by atoms with Gasteiger partial charge in [0.25, 0.3) is 0 Å². The number of amides is 2. The molecule has 1 unspecified atom stereocenters. The predicted octanol–water partition coefficient (Wildman–Crippen LogP) is 4.89. The van der Waals surface area contributed by atoms with Gasteiger partial charge in [-0.2, -0.15) is 0 Å². The van der Waals surface area contributed by atoms with Gasteiger partial charge in [-0.25, -0.2) is 4.98 Å². The van der Waals surface area contributed by atoms with E-state index in [1.165, 1.54) is 34.9 Å². The average Bonchev–Trinajstić information content (AvgIpc) is 3.21. The van der Waals surface area contributed by atoms with Gasteiger partial charge in [0, 0.05) is 24.0 Å². The number of carbonyl (C=O) groups excluding carboxylic acids is 2. The highest BCUT2D eigenvalue weighted by atomic mass is 32.2. The highest BCUT2D eigenvalue weighted by Gasteiger charge is 2.21. The molecule has 4 rings (SSSR count). The second-order valence-electron chi connectivity index (χ2n) is 7.73. The number of benzene rings is 2. The summed E-state index contributed by atoms with van der Waals surface area (Å²) in [7, 11) is 0. The number of anilines is 1. The molecule has 0 radical (unpaired) electrons. The minimum atomic E-state index is -0.126. The van der Waals surface area contributed by atoms with E-state index in [0.717, 1.165) is 36.2 Å². The summed E-state index contributed by atoms with van der Waals surface area (Å²) >= 11 is 2.78. The molecular weight excluding hydrogens is 414 g/mol. The van der Waals surface area contributed by atoms with Gasteiger partial charge in [0.05, 0.1) is 17.2 Å². The Morgan fingerprint density at radius 1 is 1.20 bits per heavy atom. The van der Waals surface area contributed by atoms with E-state index in [2.05, 4.69) is 41.5 Å². The van der Waals surface area contributed by atoms with E-state index in [1.807, 2.05) is 28.5 Å². The zero-order valence-corrected chi connectivity index (χ0v) is 18.6. The van der Waals surface area contributed by atoms with E-state index >= 15 is 0 Å². The Kier molecular flexibility index (Phi) is 6.69. The van der Waals surface area contributed by atoms with Gasteiger partial charge in [-0.15, -0.1) is 23.1 Å². The van der Waals surface area contributed by atoms with Gasteiger partial charge in [-0.1, -0.05) is 43.3 Å². The fourth-order valence-corrected chi connectivity index (χ4v) is 5.16. The van der Waals surface area contributed by atoms with Crippen molar-refractivity contribution in [1.29, 1.82) is 0 Å². The van der Waals surface area contributed by atoms with Crippen LogP contribution in [0.5, 0.6) is 0 Å². The number of thiazole rings is 1. The van der Waals surface area contributed by atoms with Gasteiger partial charge in [-0.3, -0.25) is 9.59 Å². The molecule has 30 heavy (non-hydrogen) atoms. The number of carbonyl (C=O) groups is 2. The van der Waals surface area contributed by atoms with Crippen molar-refractivity contribution in [2.24, 2.45) is 5.92 Å². The summed E-state index contributed by atoms with van der Waals surface area (Å²) in [5.74, 6) is 1.17. The van der Waals surface area contributed by atoms with Crippen LogP contribution in [0, 0.1) is 5.92 Å². The Hall–Kier alpha value is -2.38. The Morgan fingerprint density at radius 3 is 2.87 bits per heavy atom. The van der Waals surface area contributed by atoms with Crippen LogP contribution in [0.1, 0.15) is 19.8 Å². The average molecular weight is 440 g/mol. The van der Waals surface area contributed by atoms with Crippen LogP contribution in [0.15, 0.2) is 47.8 Å². The second-order valence-corrected chi connectivity index (χ2v) is 9.57. The lowest BCUT2D eigenvalue weighted by molar-refractivity contribution is -0.130. The summed E-state index contributed by atoms with van der Waals surface area (Å²) in [5, 5.41) is 7.74. The van der Waals surface area contributed by atoms with Crippen LogP contribution >= 0.6 is 23.1 Å². The molecule has 1 aliphatic rings. The molecule has 1 atom stereocenters. The fourth-order valence-electron chi connectivity index (χ4n) is 3.71. The highest BCUT2D eigenvalue weighted by Crippen LogP contribution is 2.28. The maximum Gasteiger partial charge on any atom is 0.236 e. The monoisotopic (exact) mass is 439 g/mol. The minimum absolute atomic E-state index is 0.126. The summed E-state index contributed by atoms with van der Waals surface area (Å²) in [6.45, 7) is 3.86. The highest BCUT2D eigenvalue weighted by molar-refractivity contribution is 8.00. The number of rotatable bonds is 6. The van der Waals surface area contributed by atoms with Crippen molar-refractivity contribution in [3.63, 3.8) is 0 Å². The SMILES string of the molecule is CC1CCCN(C(=O)CSCC(=O)Nc2nc(-c3ccc4ccccc4c3)cs2)C1. The largest absolute Gasteiger partial charge is 0.342 e. The Labute approximate surface area is 184 Å². The predicted molar refractivity (Wildman–Crippen MR) is 126 cm³/mol. The van der Waals surface area contributed by atoms with Gasteiger partial charge in [0.15, 0.2) is 5.13 Å². The van der Waals surface area contributed by atoms with Crippen LogP contribution < -0.4 is 5.32 Å². The van der Waals surface area contributed by atoms with Crippen LogP contribution in [0.4, 0.5) is 5.13 Å². The van der Waals surface area contributed by atoms with Crippen LogP contribution in [-0.4, -0.2) is 46.3 Å². The molecule has 1 saturated heterocycles. The number of likely N-dealkylation sites (tertiary alicyclic amines) is 1. The van der Waals surface area contributed by atoms with Crippen LogP contribution in [-0.2, 0) is 9.59 Å². The van der Waals surface area contributed by atoms with E-state index in [1.54, 1.807) is 0 Å². The zero-order chi connectivity index (χ0) is 20.9. The number of piperidine rings is 1. The number of nitrogens with zero attached hydrogens (tertiary/aromatic N) is 2. The van der Waals surface area contributed by atoms with E-state index in [-0.39, 0.29) is 17.6 Å². The van der Waals surface area contributed by atoms with Crippen molar-refractivity contribution in [2.75, 3.05) is 29.9 Å². The first-order valence-corrected chi connectivity index (χ1v) is 12.2. The number of thioether (sulfide) groups is 1. The summed E-state index contributed by atoms with van der Waals surface area (Å²) in [6.07, 6.45) is 2.26. The Morgan fingerprint density at radius 2 is 2.03 bits per heavy atom. The molecule has 0 saturated carbocycles. The van der Waals surface area contributed by atoms with Crippen molar-refractivity contribution in [3.8, 4) is 11.3 Å². The summed E-state index contributed by atoms with van der Waals surface area (Å²) in [5.41, 5.74) is 1.88. The molecule has 7 heteroatoms. The van der Waals surface area contributed by atoms with Crippen molar-refractivity contribution in [1.82, 2.24) is 9.88 Å². The van der Waals surface area contributed by atoms with Crippen molar-refractivity contribution in [2.45, 2.75) is 19.8 Å². The first kappa shape index (κ1) is 20.9. The van der Waals surface area contributed by atoms with Crippen molar-refractivity contribution in [3.05, 3.63) is 47.8 Å². The molecule has 1 fully saturated rings. The molecular formula is C23H25N3O2S2. The molecule has 2 amide bonds. The molecule has 156 valence electrons. The van der Waals surface area contributed by atoms with Crippen molar-refractivity contribution < 1.29 is 9.59 Å². The minimum Gasteiger partial charge on any atom is -0.342 e. The number of hydrogen-bond acceptors (Lipinski definition) is 5. The second kappa shape index (κ2) is 9.62. The molecule has 3 aromatic rings. The number of aromatic nitrogens is 1. The van der Waals surface area contributed by atoms with Crippen LogP contribution in [0.25, 0.3) is 22.0 Å². The van der Waals surface area contributed by atoms with Crippen LogP contribution in [0.3, 0.4) is 0 Å². The molecule has 0 spiro atoms. The quantitative estimate of drug-likeness (QED) is 0.594. The summed E-state index contributed by atoms with van der Waals surface area (Å²) in [4.78, 5) is 31.0. The normalized spacial score (nSPS) is 16.6. The van der Waals surface area contributed by atoms with Crippen LogP contribution in [0.2, 0.25) is 0 Å². The molecule has 5 nitrogen and oxygen atoms in total. The van der Waals surface area contributed by atoms with E-state index in [4.69, 9.17) is 0 Å². The molecule has 1 N–H and O–H groups in total. The van der Waals surface area contributed by atoms with E-state index in [9.17, 15) is 9.59 Å². The smallest absolute Gasteiger partial charge is 0.236 e. The van der Waals surface area contributed by atoms with Crippen molar-refractivity contribution >= 4 is 50.8 Å². The van der Waals surface area contributed by atoms with Gasteiger partial charge in [-0.05, 0) is 35.6 Å². The lowest BCUT2D eigenvalue weighted by atomic mass is 10.0. The Bertz CT molecular complexity index is 1050. The van der Waals surface area contributed by atoms with Gasteiger partial charge in [0.1, 0.15) is 0 Å². The maximum atomic E-state index is 12.3. The van der Waals surface area contributed by atoms with Gasteiger partial charge < -0.3 is 10.2 Å². The fraction of sp³-hybridized carbons (Fsp3) is 0.348. The third-order valence-electron chi connectivity index (χ3n) is 5.26. The third kappa shape index (κ3) is 5.21. The molecule has 2 aromatic carbocycles. The van der Waals surface area contributed by atoms with E-state index in [0.29, 0.717) is 16.8 Å². The standard InChI is InChI=1S/C23H25N3O2S2/c1-16-5-4-10-26(12-16)22(28)15-29-14-21(27)25-23-24-20(13-30-23)19-9-8-17-6-2-3-7-18(17)11-19/h2-3,6-9,11,13,16H,4-5,10,12,14-15H2,1H3,(H,24,25,27). The van der Waals surface area contributed by atoms with Gasteiger partial charge in [0.2, 0.25) is 11.8 Å². The van der Waals surface area contributed by atoms with Gasteiger partial charge >= 0.3 is 0 Å². The first-order chi connectivity index (χ1) is 14.6. The zero-order valence-electron chi connectivity index (χ0n) is 17.0. The summed E-state index contributed by atoms with van der Waals surface area (Å²) < 4.78 is 0. The molecule has 0 bridgehead atoms. The third-order valence-corrected chi connectivity index (χ3v) is 6.94. The number of fused-ring (bicyclic) bond motifs is 1. The first-order valence-electron chi connectivity index (χ1n) is 10.2. The molecule has 2 heterocycles. The topological polar surface area (TPSA) is 62.3 Å². The molecule has 1 aromatic heterocycles. The maximum absolute atomic E-state index is 12.3. The lowest BCUT2D eigenvalue weighted by Gasteiger charge is -2.30.